The van der Waals surface area contributed by atoms with Gasteiger partial charge >= 0.3 is 0 Å². The fraction of sp³-hybridized carbons (Fsp3) is 0.657. The molecule has 5 N–H and O–H groups in total. The summed E-state index contributed by atoms with van der Waals surface area (Å²) in [7, 11) is 1.73. The van der Waals surface area contributed by atoms with Crippen LogP contribution in [0.2, 0.25) is 0 Å². The molecule has 1 aromatic rings. The summed E-state index contributed by atoms with van der Waals surface area (Å²) < 4.78 is 12.2. The zero-order valence-electron chi connectivity index (χ0n) is 26.3. The number of benzene rings is 1. The molecule has 0 unspecified atom stereocenters. The Labute approximate surface area is 253 Å². The molecule has 3 atom stereocenters. The van der Waals surface area contributed by atoms with E-state index >= 15 is 0 Å². The first kappa shape index (κ1) is 33.5. The van der Waals surface area contributed by atoms with Crippen molar-refractivity contribution in [1.29, 1.82) is 0 Å². The number of hydrogen-bond acceptors (Lipinski definition) is 5. The van der Waals surface area contributed by atoms with Gasteiger partial charge in [0.2, 0.25) is 0 Å². The number of phenols is 1. The first-order valence-electron chi connectivity index (χ1n) is 16.0. The van der Waals surface area contributed by atoms with Gasteiger partial charge in [-0.15, -0.1) is 0 Å². The summed E-state index contributed by atoms with van der Waals surface area (Å²) in [6.07, 6.45) is 14.8. The van der Waals surface area contributed by atoms with Crippen LogP contribution in [0.3, 0.4) is 0 Å². The zero-order chi connectivity index (χ0) is 30.5. The van der Waals surface area contributed by atoms with E-state index in [2.05, 4.69) is 37.6 Å². The number of aryl methyl sites for hydroxylation is 1. The third kappa shape index (κ3) is 10.1. The molecule has 1 fully saturated rings. The van der Waals surface area contributed by atoms with Gasteiger partial charge in [0.05, 0.1) is 12.1 Å². The highest BCUT2D eigenvalue weighted by molar-refractivity contribution is 5.89. The molecule has 232 valence electrons. The lowest BCUT2D eigenvalue weighted by molar-refractivity contribution is -0.114. The van der Waals surface area contributed by atoms with Gasteiger partial charge in [0.25, 0.3) is 0 Å². The molecule has 0 spiro atoms. The van der Waals surface area contributed by atoms with Gasteiger partial charge in [-0.3, -0.25) is 4.79 Å². The van der Waals surface area contributed by atoms with Crippen molar-refractivity contribution in [2.45, 2.75) is 122 Å². The van der Waals surface area contributed by atoms with Crippen LogP contribution in [0.25, 0.3) is 0 Å². The van der Waals surface area contributed by atoms with E-state index in [1.807, 2.05) is 12.1 Å². The third-order valence-corrected chi connectivity index (χ3v) is 8.51. The van der Waals surface area contributed by atoms with Crippen LogP contribution < -0.4 is 16.2 Å². The molecule has 2 aliphatic rings. The number of phenolic OH excluding ortho intramolecular Hbond substituents is 1. The predicted molar refractivity (Wildman–Crippen MR) is 171 cm³/mol. The van der Waals surface area contributed by atoms with Crippen molar-refractivity contribution in [3.05, 3.63) is 34.9 Å². The van der Waals surface area contributed by atoms with E-state index in [4.69, 9.17) is 20.9 Å². The quantitative estimate of drug-likeness (QED) is 0.0997. The normalized spacial score (nSPS) is 21.1. The third-order valence-electron chi connectivity index (χ3n) is 8.51. The average molecular weight is 580 g/mol. The maximum atomic E-state index is 12.8. The Morgan fingerprint density at radius 3 is 2.64 bits per heavy atom. The molecule has 0 radical (unpaired) electrons. The van der Waals surface area contributed by atoms with Crippen molar-refractivity contribution in [2.24, 2.45) is 28.3 Å². The number of allylic oxidation sites excluding steroid dienone is 2. The number of unbranched alkanes of at least 4 members (excludes halogenated alkanes) is 1. The van der Waals surface area contributed by atoms with E-state index in [-0.39, 0.29) is 41.5 Å². The molecule has 0 saturated heterocycles. The average Bonchev–Trinajstić information content (AvgIpc) is 3.45. The number of hydrogen-bond donors (Lipinski definition) is 3. The van der Waals surface area contributed by atoms with Crippen LogP contribution in [0, 0.1) is 23.7 Å². The SMILES string of the molecule is CCC/C=C/C(=O)CCc1cc(OC2CCCC2)c(O)c2c1C#CC[C@@H](N=C(N)N)CC[C@H](COC)[C@H]2CCC(C)C. The highest BCUT2D eigenvalue weighted by Gasteiger charge is 2.32. The number of carbonyl (C=O) groups excluding carboxylic acids is 1. The topological polar surface area (TPSA) is 120 Å². The number of aromatic hydroxyl groups is 1. The number of nitrogens with two attached hydrogens (primary N) is 2. The fourth-order valence-corrected chi connectivity index (χ4v) is 6.26. The summed E-state index contributed by atoms with van der Waals surface area (Å²) in [5.74, 6) is 8.28. The first-order valence-corrected chi connectivity index (χ1v) is 16.0. The lowest BCUT2D eigenvalue weighted by Crippen LogP contribution is -2.27. The van der Waals surface area contributed by atoms with Crippen LogP contribution in [-0.2, 0) is 16.0 Å². The molecule has 3 rings (SSSR count). The first-order chi connectivity index (χ1) is 20.2. The number of rotatable bonds is 14. The van der Waals surface area contributed by atoms with Crippen LogP contribution in [0.1, 0.15) is 120 Å². The van der Waals surface area contributed by atoms with E-state index in [9.17, 15) is 9.90 Å². The Hall–Kier alpha value is -2.98. The van der Waals surface area contributed by atoms with Gasteiger partial charge in [0.1, 0.15) is 0 Å². The molecule has 0 heterocycles. The van der Waals surface area contributed by atoms with Gasteiger partial charge in [-0.25, -0.2) is 4.99 Å². The second-order valence-electron chi connectivity index (χ2n) is 12.4. The summed E-state index contributed by atoms with van der Waals surface area (Å²) >= 11 is 0. The van der Waals surface area contributed by atoms with E-state index in [1.54, 1.807) is 13.2 Å². The van der Waals surface area contributed by atoms with Crippen LogP contribution in [0.5, 0.6) is 11.5 Å². The van der Waals surface area contributed by atoms with Crippen molar-refractivity contribution in [1.82, 2.24) is 0 Å². The molecule has 42 heavy (non-hydrogen) atoms. The summed E-state index contributed by atoms with van der Waals surface area (Å²) in [4.78, 5) is 17.3. The van der Waals surface area contributed by atoms with Gasteiger partial charge < -0.3 is 26.0 Å². The molecule has 7 nitrogen and oxygen atoms in total. The number of ketones is 1. The molecule has 0 aliphatic heterocycles. The minimum Gasteiger partial charge on any atom is -0.504 e. The van der Waals surface area contributed by atoms with Gasteiger partial charge in [-0.1, -0.05) is 51.5 Å². The molecule has 0 amide bonds. The molecule has 1 aromatic carbocycles. The Bertz CT molecular complexity index is 1140. The monoisotopic (exact) mass is 579 g/mol. The fourth-order valence-electron chi connectivity index (χ4n) is 6.26. The van der Waals surface area contributed by atoms with Crippen molar-refractivity contribution in [3.8, 4) is 23.3 Å². The number of nitrogens with zero attached hydrogens (tertiary/aromatic N) is 1. The standard InChI is InChI=1S/C35H53N3O4/c1-5-6-7-12-28(39)20-18-25-22-32(42-29-13-8-9-14-29)34(40)33-30(25)15-10-11-27(38-35(36)37)19-17-26(23-41-4)31(33)21-16-24(2)3/h7,12,22,24,26-27,29,31,40H,5-6,8-9,11,13-14,16-21,23H2,1-4H3,(H4,36,37,38)/b12-7+/t26-,27-,31-/m1/s1. The number of aliphatic imine (C=N–C) groups is 1. The Kier molecular flexibility index (Phi) is 13.7. The second kappa shape index (κ2) is 17.2. The lowest BCUT2D eigenvalue weighted by atomic mass is 9.75. The van der Waals surface area contributed by atoms with E-state index in [0.29, 0.717) is 37.5 Å². The second-order valence-corrected chi connectivity index (χ2v) is 12.4. The number of fused-ring (bicyclic) bond motifs is 1. The Morgan fingerprint density at radius 2 is 1.98 bits per heavy atom. The van der Waals surface area contributed by atoms with Crippen molar-refractivity contribution < 1.29 is 19.4 Å². The minimum atomic E-state index is -0.110. The Balaban J connectivity index is 2.18. The van der Waals surface area contributed by atoms with Crippen LogP contribution >= 0.6 is 0 Å². The van der Waals surface area contributed by atoms with Gasteiger partial charge in [0, 0.05) is 37.7 Å². The number of carbonyl (C=O) groups is 1. The van der Waals surface area contributed by atoms with E-state index < -0.39 is 0 Å². The summed E-state index contributed by atoms with van der Waals surface area (Å²) in [5.41, 5.74) is 14.2. The number of ether oxygens (including phenoxy) is 2. The predicted octanol–water partition coefficient (Wildman–Crippen LogP) is 6.53. The van der Waals surface area contributed by atoms with Gasteiger partial charge in [-0.05, 0) is 93.2 Å². The molecule has 2 aliphatic carbocycles. The van der Waals surface area contributed by atoms with Gasteiger partial charge in [-0.2, -0.15) is 0 Å². The van der Waals surface area contributed by atoms with Crippen molar-refractivity contribution in [2.75, 3.05) is 13.7 Å². The molecular weight excluding hydrogens is 526 g/mol. The summed E-state index contributed by atoms with van der Waals surface area (Å²) in [6, 6.07) is 1.83. The molecule has 0 aromatic heterocycles. The molecule has 7 heteroatoms. The maximum absolute atomic E-state index is 12.8. The highest BCUT2D eigenvalue weighted by atomic mass is 16.5. The minimum absolute atomic E-state index is 0.000586. The smallest absolute Gasteiger partial charge is 0.186 e. The van der Waals surface area contributed by atoms with Crippen LogP contribution in [0.4, 0.5) is 0 Å². The lowest BCUT2D eigenvalue weighted by Gasteiger charge is -2.32. The number of guanidine groups is 1. The van der Waals surface area contributed by atoms with Crippen molar-refractivity contribution in [3.63, 3.8) is 0 Å². The van der Waals surface area contributed by atoms with Gasteiger partial charge in [0.15, 0.2) is 23.2 Å². The largest absolute Gasteiger partial charge is 0.504 e. The maximum Gasteiger partial charge on any atom is 0.186 e. The van der Waals surface area contributed by atoms with E-state index in [1.165, 1.54) is 0 Å². The Morgan fingerprint density at radius 1 is 1.21 bits per heavy atom. The summed E-state index contributed by atoms with van der Waals surface area (Å²) in [5, 5.41) is 11.9. The van der Waals surface area contributed by atoms with E-state index in [0.717, 1.165) is 80.9 Å². The van der Waals surface area contributed by atoms with Crippen LogP contribution in [-0.4, -0.2) is 42.7 Å². The number of methoxy groups -OCH3 is 1. The molecule has 0 bridgehead atoms. The highest BCUT2D eigenvalue weighted by Crippen LogP contribution is 2.47. The van der Waals surface area contributed by atoms with Crippen molar-refractivity contribution >= 4 is 11.7 Å². The zero-order valence-corrected chi connectivity index (χ0v) is 26.3. The summed E-state index contributed by atoms with van der Waals surface area (Å²) in [6.45, 7) is 7.10. The van der Waals surface area contributed by atoms with Crippen LogP contribution in [0.15, 0.2) is 23.2 Å². The molecular formula is C35H53N3O4. The molecule has 1 saturated carbocycles.